The zero-order valence-electron chi connectivity index (χ0n) is 6.80. The second-order valence-electron chi connectivity index (χ2n) is 2.68. The number of aryl methyl sites for hydroxylation is 1. The van der Waals surface area contributed by atoms with Gasteiger partial charge in [0.2, 0.25) is 0 Å². The van der Waals surface area contributed by atoms with Crippen molar-refractivity contribution in [3.8, 4) is 0 Å². The van der Waals surface area contributed by atoms with E-state index in [4.69, 9.17) is 17.3 Å². The summed E-state index contributed by atoms with van der Waals surface area (Å²) in [5, 5.41) is 0.520. The summed E-state index contributed by atoms with van der Waals surface area (Å²) < 4.78 is 0. The first-order valence-corrected chi connectivity index (χ1v) is 4.01. The Balaban J connectivity index is 3.11. The Bertz CT molecular complexity index is 286. The Morgan fingerprint density at radius 2 is 2.25 bits per heavy atom. The highest BCUT2D eigenvalue weighted by molar-refractivity contribution is 6.33. The summed E-state index contributed by atoms with van der Waals surface area (Å²) in [6.45, 7) is 1.87. The molecule has 64 valence electrons. The van der Waals surface area contributed by atoms with Crippen LogP contribution >= 0.6 is 11.6 Å². The van der Waals surface area contributed by atoms with E-state index in [0.29, 0.717) is 17.1 Å². The van der Waals surface area contributed by atoms with Gasteiger partial charge in [0.1, 0.15) is 6.29 Å². The van der Waals surface area contributed by atoms with Gasteiger partial charge in [-0.1, -0.05) is 17.7 Å². The molecule has 0 amide bonds. The molecule has 0 aliphatic rings. The lowest BCUT2D eigenvalue weighted by Crippen LogP contribution is -1.94. The topological polar surface area (TPSA) is 43.1 Å². The van der Waals surface area contributed by atoms with Gasteiger partial charge in [-0.2, -0.15) is 0 Å². The predicted octanol–water partition coefficient (Wildman–Crippen LogP) is 1.97. The fourth-order valence-electron chi connectivity index (χ4n) is 1.04. The summed E-state index contributed by atoms with van der Waals surface area (Å²) in [6.07, 6.45) is 1.24. The van der Waals surface area contributed by atoms with Crippen LogP contribution in [0.15, 0.2) is 12.1 Å². The zero-order valence-corrected chi connectivity index (χ0v) is 7.56. The minimum atomic E-state index is 0.390. The van der Waals surface area contributed by atoms with Crippen molar-refractivity contribution in [2.24, 2.45) is 0 Å². The molecule has 0 radical (unpaired) electrons. The molecule has 0 heterocycles. The van der Waals surface area contributed by atoms with Crippen LogP contribution < -0.4 is 5.73 Å². The number of nitrogen functional groups attached to an aromatic ring is 1. The third-order valence-corrected chi connectivity index (χ3v) is 2.03. The van der Waals surface area contributed by atoms with Crippen LogP contribution in [0.25, 0.3) is 0 Å². The van der Waals surface area contributed by atoms with Crippen molar-refractivity contribution in [3.63, 3.8) is 0 Å². The van der Waals surface area contributed by atoms with Crippen LogP contribution in [-0.4, -0.2) is 6.29 Å². The molecule has 0 spiro atoms. The average Bonchev–Trinajstić information content (AvgIpc) is 2.01. The van der Waals surface area contributed by atoms with E-state index in [1.54, 1.807) is 6.07 Å². The number of benzene rings is 1. The van der Waals surface area contributed by atoms with Gasteiger partial charge in [-0.25, -0.2) is 0 Å². The highest BCUT2D eigenvalue weighted by atomic mass is 35.5. The molecule has 0 unspecified atom stereocenters. The SMILES string of the molecule is Cc1cc(CC=O)cc(Cl)c1N. The molecule has 1 aromatic carbocycles. The largest absolute Gasteiger partial charge is 0.397 e. The zero-order chi connectivity index (χ0) is 9.14. The molecule has 2 nitrogen and oxygen atoms in total. The Morgan fingerprint density at radius 3 is 2.75 bits per heavy atom. The van der Waals surface area contributed by atoms with Crippen molar-refractivity contribution in [2.75, 3.05) is 5.73 Å². The maximum atomic E-state index is 10.2. The van der Waals surface area contributed by atoms with Gasteiger partial charge in [-0.15, -0.1) is 0 Å². The monoisotopic (exact) mass is 183 g/mol. The van der Waals surface area contributed by atoms with Gasteiger partial charge in [0.25, 0.3) is 0 Å². The number of anilines is 1. The molecule has 0 aromatic heterocycles. The van der Waals surface area contributed by atoms with Crippen molar-refractivity contribution < 1.29 is 4.79 Å². The summed E-state index contributed by atoms with van der Waals surface area (Å²) in [4.78, 5) is 10.2. The van der Waals surface area contributed by atoms with Crippen LogP contribution in [0.4, 0.5) is 5.69 Å². The van der Waals surface area contributed by atoms with E-state index in [1.165, 1.54) is 0 Å². The first-order chi connectivity index (χ1) is 5.65. The number of aldehydes is 1. The lowest BCUT2D eigenvalue weighted by atomic mass is 10.1. The molecular weight excluding hydrogens is 174 g/mol. The van der Waals surface area contributed by atoms with Crippen molar-refractivity contribution in [1.82, 2.24) is 0 Å². The number of rotatable bonds is 2. The molecule has 0 aliphatic carbocycles. The van der Waals surface area contributed by atoms with Gasteiger partial charge < -0.3 is 10.5 Å². The third kappa shape index (κ3) is 1.77. The molecule has 0 atom stereocenters. The molecule has 1 aromatic rings. The van der Waals surface area contributed by atoms with E-state index in [-0.39, 0.29) is 0 Å². The van der Waals surface area contributed by atoms with Crippen molar-refractivity contribution >= 4 is 23.6 Å². The maximum Gasteiger partial charge on any atom is 0.124 e. The van der Waals surface area contributed by atoms with Crippen LogP contribution in [0, 0.1) is 6.92 Å². The van der Waals surface area contributed by atoms with Gasteiger partial charge in [0.15, 0.2) is 0 Å². The quantitative estimate of drug-likeness (QED) is 0.563. The summed E-state index contributed by atoms with van der Waals surface area (Å²) in [5.74, 6) is 0. The second kappa shape index (κ2) is 3.59. The van der Waals surface area contributed by atoms with Gasteiger partial charge in [-0.3, -0.25) is 0 Å². The molecule has 3 heteroatoms. The Morgan fingerprint density at radius 1 is 1.58 bits per heavy atom. The molecule has 1 rings (SSSR count). The number of carbonyl (C=O) groups is 1. The summed E-state index contributed by atoms with van der Waals surface area (Å²) in [5.41, 5.74) is 8.04. The average molecular weight is 184 g/mol. The fourth-order valence-corrected chi connectivity index (χ4v) is 1.33. The Hall–Kier alpha value is -1.02. The van der Waals surface area contributed by atoms with E-state index in [9.17, 15) is 4.79 Å². The molecule has 12 heavy (non-hydrogen) atoms. The maximum absolute atomic E-state index is 10.2. The molecule has 0 bridgehead atoms. The highest BCUT2D eigenvalue weighted by Crippen LogP contribution is 2.24. The Labute approximate surface area is 76.3 Å². The van der Waals surface area contributed by atoms with E-state index in [0.717, 1.165) is 17.4 Å². The predicted molar refractivity (Wildman–Crippen MR) is 50.4 cm³/mol. The van der Waals surface area contributed by atoms with Crippen LogP contribution in [0.5, 0.6) is 0 Å². The number of hydrogen-bond donors (Lipinski definition) is 1. The standard InChI is InChI=1S/C9H10ClNO/c1-6-4-7(2-3-12)5-8(10)9(6)11/h3-5H,2,11H2,1H3. The van der Waals surface area contributed by atoms with Gasteiger partial charge in [0.05, 0.1) is 10.7 Å². The van der Waals surface area contributed by atoms with E-state index in [1.807, 2.05) is 13.0 Å². The van der Waals surface area contributed by atoms with Crippen molar-refractivity contribution in [3.05, 3.63) is 28.3 Å². The van der Waals surface area contributed by atoms with Crippen LogP contribution in [0.1, 0.15) is 11.1 Å². The summed E-state index contributed by atoms with van der Waals surface area (Å²) in [7, 11) is 0. The van der Waals surface area contributed by atoms with Crippen molar-refractivity contribution in [1.29, 1.82) is 0 Å². The Kier molecular flexibility index (Phi) is 2.71. The van der Waals surface area contributed by atoms with Gasteiger partial charge in [-0.05, 0) is 24.1 Å². The molecule has 2 N–H and O–H groups in total. The minimum Gasteiger partial charge on any atom is -0.397 e. The summed E-state index contributed by atoms with van der Waals surface area (Å²) >= 11 is 5.81. The normalized spacial score (nSPS) is 9.83. The minimum absolute atomic E-state index is 0.390. The number of halogens is 1. The molecule has 0 saturated heterocycles. The van der Waals surface area contributed by atoms with Crippen molar-refractivity contribution in [2.45, 2.75) is 13.3 Å². The first kappa shape index (κ1) is 9.07. The second-order valence-corrected chi connectivity index (χ2v) is 3.09. The van der Waals surface area contributed by atoms with E-state index >= 15 is 0 Å². The summed E-state index contributed by atoms with van der Waals surface area (Å²) in [6, 6.07) is 3.59. The van der Waals surface area contributed by atoms with E-state index in [2.05, 4.69) is 0 Å². The lowest BCUT2D eigenvalue weighted by Gasteiger charge is -2.04. The molecular formula is C9H10ClNO. The van der Waals surface area contributed by atoms with Crippen LogP contribution in [0.3, 0.4) is 0 Å². The van der Waals surface area contributed by atoms with Gasteiger partial charge in [0, 0.05) is 6.42 Å². The van der Waals surface area contributed by atoms with Crippen LogP contribution in [-0.2, 0) is 11.2 Å². The third-order valence-electron chi connectivity index (χ3n) is 1.72. The number of carbonyl (C=O) groups excluding carboxylic acids is 1. The molecule has 0 saturated carbocycles. The van der Waals surface area contributed by atoms with Crippen LogP contribution in [0.2, 0.25) is 5.02 Å². The molecule has 0 aliphatic heterocycles. The lowest BCUT2D eigenvalue weighted by molar-refractivity contribution is -0.107. The fraction of sp³-hybridized carbons (Fsp3) is 0.222. The number of nitrogens with two attached hydrogens (primary N) is 1. The van der Waals surface area contributed by atoms with E-state index < -0.39 is 0 Å². The highest BCUT2D eigenvalue weighted by Gasteiger charge is 2.02. The molecule has 0 fully saturated rings. The van der Waals surface area contributed by atoms with Gasteiger partial charge >= 0.3 is 0 Å². The smallest absolute Gasteiger partial charge is 0.124 e. The first-order valence-electron chi connectivity index (χ1n) is 3.63. The number of hydrogen-bond acceptors (Lipinski definition) is 2.